The van der Waals surface area contributed by atoms with Crippen LogP contribution in [-0.4, -0.2) is 20.7 Å². The van der Waals surface area contributed by atoms with Gasteiger partial charge in [0.25, 0.3) is 0 Å². The van der Waals surface area contributed by atoms with E-state index in [-0.39, 0.29) is 11.5 Å². The van der Waals surface area contributed by atoms with Gasteiger partial charge in [0, 0.05) is 5.02 Å². The molecule has 1 N–H and O–H groups in total. The molecule has 4 nitrogen and oxygen atoms in total. The van der Waals surface area contributed by atoms with Crippen molar-refractivity contribution >= 4 is 17.4 Å². The predicted molar refractivity (Wildman–Crippen MR) is 65.0 cm³/mol. The summed E-state index contributed by atoms with van der Waals surface area (Å²) in [6.45, 7) is 3.25. The normalized spacial score (nSPS) is 10.5. The van der Waals surface area contributed by atoms with Gasteiger partial charge in [0.15, 0.2) is 5.78 Å². The highest BCUT2D eigenvalue weighted by Crippen LogP contribution is 2.26. The standard InChI is InChI=1S/C12H11ClN2O2/c1-7-10(8(2)16)6-14-15(7)11-5-9(13)3-4-12(11)17/h3-6,17H,1-2H3. The summed E-state index contributed by atoms with van der Waals surface area (Å²) in [5.41, 5.74) is 1.67. The lowest BCUT2D eigenvalue weighted by Crippen LogP contribution is -2.01. The van der Waals surface area contributed by atoms with Crippen molar-refractivity contribution in [3.8, 4) is 11.4 Å². The molecule has 0 bridgehead atoms. The first-order chi connectivity index (χ1) is 8.00. The quantitative estimate of drug-likeness (QED) is 0.834. The first kappa shape index (κ1) is 11.7. The number of aromatic nitrogens is 2. The van der Waals surface area contributed by atoms with Crippen LogP contribution in [0.15, 0.2) is 24.4 Å². The van der Waals surface area contributed by atoms with Crippen LogP contribution in [0.1, 0.15) is 23.0 Å². The molecule has 1 heterocycles. The highest BCUT2D eigenvalue weighted by Gasteiger charge is 2.14. The lowest BCUT2D eigenvalue weighted by Gasteiger charge is -2.07. The highest BCUT2D eigenvalue weighted by atomic mass is 35.5. The molecule has 0 aliphatic carbocycles. The van der Waals surface area contributed by atoms with E-state index in [1.807, 2.05) is 0 Å². The number of hydrogen-bond donors (Lipinski definition) is 1. The van der Waals surface area contributed by atoms with Gasteiger partial charge in [0.2, 0.25) is 0 Å². The molecule has 0 saturated carbocycles. The molecule has 1 aromatic heterocycles. The fraction of sp³-hybridized carbons (Fsp3) is 0.167. The molecule has 0 aliphatic heterocycles. The molecule has 0 spiro atoms. The van der Waals surface area contributed by atoms with Crippen LogP contribution in [-0.2, 0) is 0 Å². The van der Waals surface area contributed by atoms with Crippen molar-refractivity contribution in [2.24, 2.45) is 0 Å². The summed E-state index contributed by atoms with van der Waals surface area (Å²) in [5.74, 6) is 0.00553. The summed E-state index contributed by atoms with van der Waals surface area (Å²) >= 11 is 5.87. The Kier molecular flexibility index (Phi) is 2.90. The van der Waals surface area contributed by atoms with Gasteiger partial charge < -0.3 is 5.11 Å². The molecule has 0 atom stereocenters. The van der Waals surface area contributed by atoms with E-state index in [2.05, 4.69) is 5.10 Å². The molecule has 0 unspecified atom stereocenters. The Morgan fingerprint density at radius 1 is 1.47 bits per heavy atom. The zero-order valence-electron chi connectivity index (χ0n) is 9.44. The maximum atomic E-state index is 11.3. The zero-order chi connectivity index (χ0) is 12.6. The number of rotatable bonds is 2. The minimum Gasteiger partial charge on any atom is -0.506 e. The van der Waals surface area contributed by atoms with Gasteiger partial charge in [0.1, 0.15) is 11.4 Å². The number of carbonyl (C=O) groups excluding carboxylic acids is 1. The van der Waals surface area contributed by atoms with Gasteiger partial charge in [-0.1, -0.05) is 11.6 Å². The molecule has 88 valence electrons. The first-order valence-corrected chi connectivity index (χ1v) is 5.43. The van der Waals surface area contributed by atoms with Crippen LogP contribution in [0.2, 0.25) is 5.02 Å². The number of phenols is 1. The summed E-state index contributed by atoms with van der Waals surface area (Å²) in [6, 6.07) is 4.68. The second-order valence-corrected chi connectivity index (χ2v) is 4.18. The van der Waals surface area contributed by atoms with Crippen LogP contribution in [0.4, 0.5) is 0 Å². The van der Waals surface area contributed by atoms with Crippen LogP contribution in [0.25, 0.3) is 5.69 Å². The molecule has 2 rings (SSSR count). The minimum absolute atomic E-state index is 0.0599. The summed E-state index contributed by atoms with van der Waals surface area (Å²) in [4.78, 5) is 11.3. The largest absolute Gasteiger partial charge is 0.506 e. The van der Waals surface area contributed by atoms with Crippen LogP contribution >= 0.6 is 11.6 Å². The first-order valence-electron chi connectivity index (χ1n) is 5.05. The predicted octanol–water partition coefficient (Wildman–Crippen LogP) is 2.74. The fourth-order valence-electron chi connectivity index (χ4n) is 1.66. The van der Waals surface area contributed by atoms with E-state index in [4.69, 9.17) is 11.6 Å². The van der Waals surface area contributed by atoms with Crippen molar-refractivity contribution in [1.29, 1.82) is 0 Å². The Labute approximate surface area is 103 Å². The van der Waals surface area contributed by atoms with Crippen LogP contribution in [0.5, 0.6) is 5.75 Å². The van der Waals surface area contributed by atoms with Crippen molar-refractivity contribution < 1.29 is 9.90 Å². The Balaban J connectivity index is 2.61. The van der Waals surface area contributed by atoms with E-state index in [0.29, 0.717) is 22.0 Å². The lowest BCUT2D eigenvalue weighted by molar-refractivity contribution is 0.101. The summed E-state index contributed by atoms with van der Waals surface area (Å²) in [6.07, 6.45) is 1.48. The minimum atomic E-state index is -0.0599. The number of benzene rings is 1. The molecule has 0 radical (unpaired) electrons. The average molecular weight is 251 g/mol. The third kappa shape index (κ3) is 2.03. The number of hydrogen-bond acceptors (Lipinski definition) is 3. The van der Waals surface area contributed by atoms with Gasteiger partial charge >= 0.3 is 0 Å². The second-order valence-electron chi connectivity index (χ2n) is 3.74. The van der Waals surface area contributed by atoms with E-state index in [0.717, 1.165) is 0 Å². The molecule has 0 amide bonds. The van der Waals surface area contributed by atoms with Crippen LogP contribution < -0.4 is 0 Å². The molecule has 0 fully saturated rings. The molecule has 2 aromatic rings. The molecule has 5 heteroatoms. The molecule has 0 saturated heterocycles. The molecular weight excluding hydrogens is 240 g/mol. The Morgan fingerprint density at radius 3 is 2.76 bits per heavy atom. The SMILES string of the molecule is CC(=O)c1cnn(-c2cc(Cl)ccc2O)c1C. The number of nitrogens with zero attached hydrogens (tertiary/aromatic N) is 2. The number of halogens is 1. The monoisotopic (exact) mass is 250 g/mol. The Bertz CT molecular complexity index is 590. The summed E-state index contributed by atoms with van der Waals surface area (Å²) in [5, 5.41) is 14.3. The lowest BCUT2D eigenvalue weighted by atomic mass is 10.2. The summed E-state index contributed by atoms with van der Waals surface area (Å²) in [7, 11) is 0. The molecule has 0 aliphatic rings. The molecule has 1 aromatic carbocycles. The number of carbonyl (C=O) groups is 1. The maximum Gasteiger partial charge on any atom is 0.163 e. The third-order valence-electron chi connectivity index (χ3n) is 2.55. The number of Topliss-reactive ketones (excluding diaryl/α,β-unsaturated/α-hetero) is 1. The van der Waals surface area contributed by atoms with E-state index < -0.39 is 0 Å². The van der Waals surface area contributed by atoms with Gasteiger partial charge in [-0.15, -0.1) is 0 Å². The van der Waals surface area contributed by atoms with E-state index >= 15 is 0 Å². The third-order valence-corrected chi connectivity index (χ3v) is 2.79. The van der Waals surface area contributed by atoms with Crippen molar-refractivity contribution in [2.45, 2.75) is 13.8 Å². The van der Waals surface area contributed by atoms with Crippen LogP contribution in [0.3, 0.4) is 0 Å². The van der Waals surface area contributed by atoms with Gasteiger partial charge in [0.05, 0.1) is 17.5 Å². The Hall–Kier alpha value is -1.81. The van der Waals surface area contributed by atoms with E-state index in [9.17, 15) is 9.90 Å². The van der Waals surface area contributed by atoms with Gasteiger partial charge in [-0.25, -0.2) is 4.68 Å². The van der Waals surface area contributed by atoms with E-state index in [1.54, 1.807) is 19.1 Å². The summed E-state index contributed by atoms with van der Waals surface area (Å²) < 4.78 is 1.50. The number of aromatic hydroxyl groups is 1. The number of phenolic OH excluding ortho intramolecular Hbond substituents is 1. The zero-order valence-corrected chi connectivity index (χ0v) is 10.2. The van der Waals surface area contributed by atoms with Crippen molar-refractivity contribution in [2.75, 3.05) is 0 Å². The highest BCUT2D eigenvalue weighted by molar-refractivity contribution is 6.30. The maximum absolute atomic E-state index is 11.3. The molecular formula is C12H11ClN2O2. The van der Waals surface area contributed by atoms with Crippen LogP contribution in [0, 0.1) is 6.92 Å². The topological polar surface area (TPSA) is 55.1 Å². The van der Waals surface area contributed by atoms with Gasteiger partial charge in [-0.05, 0) is 32.0 Å². The van der Waals surface area contributed by atoms with Gasteiger partial charge in [-0.2, -0.15) is 5.10 Å². The molecule has 17 heavy (non-hydrogen) atoms. The second kappa shape index (κ2) is 4.22. The van der Waals surface area contributed by atoms with Crippen molar-refractivity contribution in [3.05, 3.63) is 40.7 Å². The van der Waals surface area contributed by atoms with Gasteiger partial charge in [-0.3, -0.25) is 4.79 Å². The smallest absolute Gasteiger partial charge is 0.163 e. The average Bonchev–Trinajstić information content (AvgIpc) is 2.64. The Morgan fingerprint density at radius 2 is 2.18 bits per heavy atom. The fourth-order valence-corrected chi connectivity index (χ4v) is 1.83. The van der Waals surface area contributed by atoms with E-state index in [1.165, 1.54) is 23.9 Å². The number of ketones is 1. The van der Waals surface area contributed by atoms with Crippen molar-refractivity contribution in [3.63, 3.8) is 0 Å². The van der Waals surface area contributed by atoms with Crippen molar-refractivity contribution in [1.82, 2.24) is 9.78 Å².